The third-order valence-electron chi connectivity index (χ3n) is 3.03. The van der Waals surface area contributed by atoms with Crippen molar-refractivity contribution in [2.45, 2.75) is 32.7 Å². The molecule has 2 rings (SSSR count). The second-order valence-electron chi connectivity index (χ2n) is 4.44. The smallest absolute Gasteiger partial charge is 0.121 e. The van der Waals surface area contributed by atoms with Gasteiger partial charge in [0.1, 0.15) is 11.5 Å². The number of halogens is 1. The molecule has 0 saturated heterocycles. The van der Waals surface area contributed by atoms with Gasteiger partial charge >= 0.3 is 0 Å². The lowest BCUT2D eigenvalue weighted by molar-refractivity contribution is 0.395. The fourth-order valence-electron chi connectivity index (χ4n) is 2.03. The predicted octanol–water partition coefficient (Wildman–Crippen LogP) is 3.89. The zero-order valence-electron chi connectivity index (χ0n) is 11.3. The number of furan rings is 1. The number of nitrogens with zero attached hydrogens (tertiary/aromatic N) is 1. The monoisotopic (exact) mass is 322 g/mol. The van der Waals surface area contributed by atoms with Gasteiger partial charge in [0.05, 0.1) is 6.04 Å². The van der Waals surface area contributed by atoms with Gasteiger partial charge < -0.3 is 9.73 Å². The van der Waals surface area contributed by atoms with E-state index in [4.69, 9.17) is 4.42 Å². The van der Waals surface area contributed by atoms with Crippen molar-refractivity contribution in [3.63, 3.8) is 0 Å². The molecule has 4 heteroatoms. The zero-order chi connectivity index (χ0) is 13.7. The lowest BCUT2D eigenvalue weighted by Crippen LogP contribution is -2.22. The Hall–Kier alpha value is -1.13. The van der Waals surface area contributed by atoms with E-state index < -0.39 is 0 Å². The number of aromatic nitrogens is 1. The van der Waals surface area contributed by atoms with Gasteiger partial charge in [-0.2, -0.15) is 0 Å². The van der Waals surface area contributed by atoms with E-state index >= 15 is 0 Å². The molecule has 1 atom stereocenters. The Morgan fingerprint density at radius 2 is 2.11 bits per heavy atom. The number of aryl methyl sites for hydroxylation is 1. The number of hydrogen-bond donors (Lipinski definition) is 1. The van der Waals surface area contributed by atoms with E-state index in [0.29, 0.717) is 0 Å². The maximum Gasteiger partial charge on any atom is 0.121 e. The fraction of sp³-hybridized carbons (Fsp3) is 0.400. The summed E-state index contributed by atoms with van der Waals surface area (Å²) >= 11 is 3.40. The SMILES string of the molecule is CCNC(Cc1ccc(Br)cn1)c1ccc(CC)o1. The van der Waals surface area contributed by atoms with Crippen LogP contribution in [0.4, 0.5) is 0 Å². The van der Waals surface area contributed by atoms with Crippen molar-refractivity contribution in [3.05, 3.63) is 52.1 Å². The Morgan fingerprint density at radius 1 is 1.26 bits per heavy atom. The maximum atomic E-state index is 5.84. The van der Waals surface area contributed by atoms with Crippen LogP contribution in [-0.4, -0.2) is 11.5 Å². The number of hydrogen-bond acceptors (Lipinski definition) is 3. The van der Waals surface area contributed by atoms with E-state index in [0.717, 1.165) is 41.1 Å². The number of nitrogens with one attached hydrogen (secondary N) is 1. The maximum absolute atomic E-state index is 5.84. The summed E-state index contributed by atoms with van der Waals surface area (Å²) in [4.78, 5) is 4.42. The van der Waals surface area contributed by atoms with Crippen molar-refractivity contribution in [1.82, 2.24) is 10.3 Å². The first-order valence-corrected chi connectivity index (χ1v) is 7.44. The minimum absolute atomic E-state index is 0.180. The van der Waals surface area contributed by atoms with Crippen LogP contribution in [0.5, 0.6) is 0 Å². The summed E-state index contributed by atoms with van der Waals surface area (Å²) in [5.74, 6) is 2.02. The molecular weight excluding hydrogens is 304 g/mol. The third kappa shape index (κ3) is 3.91. The van der Waals surface area contributed by atoms with Gasteiger partial charge in [-0.3, -0.25) is 4.98 Å². The van der Waals surface area contributed by atoms with Crippen LogP contribution in [0.3, 0.4) is 0 Å². The van der Waals surface area contributed by atoms with Crippen molar-refractivity contribution >= 4 is 15.9 Å². The molecular formula is C15H19BrN2O. The molecule has 0 aliphatic rings. The summed E-state index contributed by atoms with van der Waals surface area (Å²) < 4.78 is 6.85. The van der Waals surface area contributed by atoms with E-state index in [1.165, 1.54) is 0 Å². The topological polar surface area (TPSA) is 38.1 Å². The first-order valence-electron chi connectivity index (χ1n) is 6.65. The first kappa shape index (κ1) is 14.3. The molecule has 0 bridgehead atoms. The summed E-state index contributed by atoms with van der Waals surface area (Å²) in [6.45, 7) is 5.11. The molecule has 2 aromatic rings. The van der Waals surface area contributed by atoms with E-state index in [1.807, 2.05) is 18.3 Å². The molecule has 0 radical (unpaired) electrons. The van der Waals surface area contributed by atoms with Crippen molar-refractivity contribution in [2.75, 3.05) is 6.54 Å². The molecule has 0 aromatic carbocycles. The predicted molar refractivity (Wildman–Crippen MR) is 80.1 cm³/mol. The van der Waals surface area contributed by atoms with Gasteiger partial charge in [0, 0.05) is 29.2 Å². The molecule has 102 valence electrons. The Balaban J connectivity index is 2.13. The highest BCUT2D eigenvalue weighted by Crippen LogP contribution is 2.21. The highest BCUT2D eigenvalue weighted by Gasteiger charge is 2.15. The van der Waals surface area contributed by atoms with Gasteiger partial charge in [0.2, 0.25) is 0 Å². The molecule has 0 spiro atoms. The second-order valence-corrected chi connectivity index (χ2v) is 5.36. The van der Waals surface area contributed by atoms with E-state index in [-0.39, 0.29) is 6.04 Å². The van der Waals surface area contributed by atoms with Crippen molar-refractivity contribution < 1.29 is 4.42 Å². The normalized spacial score (nSPS) is 12.6. The fourth-order valence-corrected chi connectivity index (χ4v) is 2.26. The van der Waals surface area contributed by atoms with E-state index in [9.17, 15) is 0 Å². The molecule has 0 amide bonds. The highest BCUT2D eigenvalue weighted by molar-refractivity contribution is 9.10. The largest absolute Gasteiger partial charge is 0.464 e. The summed E-state index contributed by atoms with van der Waals surface area (Å²) in [5.41, 5.74) is 1.06. The molecule has 2 heterocycles. The Kier molecular flexibility index (Phi) is 5.16. The Morgan fingerprint density at radius 3 is 2.68 bits per heavy atom. The van der Waals surface area contributed by atoms with Crippen molar-refractivity contribution in [1.29, 1.82) is 0 Å². The van der Waals surface area contributed by atoms with Gasteiger partial charge in [-0.05, 0) is 46.7 Å². The summed E-state index contributed by atoms with van der Waals surface area (Å²) in [5, 5.41) is 3.45. The summed E-state index contributed by atoms with van der Waals surface area (Å²) in [6, 6.07) is 8.35. The van der Waals surface area contributed by atoms with Crippen LogP contribution in [0.2, 0.25) is 0 Å². The van der Waals surface area contributed by atoms with Gasteiger partial charge in [-0.15, -0.1) is 0 Å². The van der Waals surface area contributed by atoms with E-state index in [2.05, 4.69) is 52.2 Å². The third-order valence-corrected chi connectivity index (χ3v) is 3.50. The van der Waals surface area contributed by atoms with Gasteiger partial charge in [0.15, 0.2) is 0 Å². The van der Waals surface area contributed by atoms with Gasteiger partial charge in [-0.25, -0.2) is 0 Å². The average Bonchev–Trinajstić information content (AvgIpc) is 2.89. The first-order chi connectivity index (χ1) is 9.22. The van der Waals surface area contributed by atoms with Crippen LogP contribution in [0, 0.1) is 0 Å². The molecule has 0 aliphatic carbocycles. The molecule has 0 aliphatic heterocycles. The average molecular weight is 323 g/mol. The minimum atomic E-state index is 0.180. The zero-order valence-corrected chi connectivity index (χ0v) is 12.9. The molecule has 2 aromatic heterocycles. The van der Waals surface area contributed by atoms with Crippen LogP contribution < -0.4 is 5.32 Å². The highest BCUT2D eigenvalue weighted by atomic mass is 79.9. The lowest BCUT2D eigenvalue weighted by atomic mass is 10.1. The van der Waals surface area contributed by atoms with Crippen LogP contribution in [0.15, 0.2) is 39.4 Å². The molecule has 1 N–H and O–H groups in total. The van der Waals surface area contributed by atoms with Crippen molar-refractivity contribution in [3.8, 4) is 0 Å². The lowest BCUT2D eigenvalue weighted by Gasteiger charge is -2.15. The summed E-state index contributed by atoms with van der Waals surface area (Å²) in [7, 11) is 0. The van der Waals surface area contributed by atoms with Gasteiger partial charge in [-0.1, -0.05) is 13.8 Å². The van der Waals surface area contributed by atoms with Crippen LogP contribution in [0.25, 0.3) is 0 Å². The Labute approximate surface area is 122 Å². The molecule has 0 fully saturated rings. The molecule has 19 heavy (non-hydrogen) atoms. The quantitative estimate of drug-likeness (QED) is 0.876. The summed E-state index contributed by atoms with van der Waals surface area (Å²) in [6.07, 6.45) is 3.59. The minimum Gasteiger partial charge on any atom is -0.464 e. The van der Waals surface area contributed by atoms with E-state index in [1.54, 1.807) is 0 Å². The number of pyridine rings is 1. The van der Waals surface area contributed by atoms with Crippen LogP contribution >= 0.6 is 15.9 Å². The number of likely N-dealkylation sites (N-methyl/N-ethyl adjacent to an activating group) is 1. The number of rotatable bonds is 6. The van der Waals surface area contributed by atoms with Gasteiger partial charge in [0.25, 0.3) is 0 Å². The second kappa shape index (κ2) is 6.87. The Bertz CT molecular complexity index is 507. The van der Waals surface area contributed by atoms with Crippen LogP contribution in [0.1, 0.15) is 37.1 Å². The molecule has 3 nitrogen and oxygen atoms in total. The molecule has 1 unspecified atom stereocenters. The van der Waals surface area contributed by atoms with Crippen LogP contribution in [-0.2, 0) is 12.8 Å². The van der Waals surface area contributed by atoms with Crippen molar-refractivity contribution in [2.24, 2.45) is 0 Å². The standard InChI is InChI=1S/C15H19BrN2O/c1-3-13-7-8-15(19-13)14(17-4-2)9-12-6-5-11(16)10-18-12/h5-8,10,14,17H,3-4,9H2,1-2H3. The molecule has 0 saturated carbocycles.